The Hall–Kier alpha value is -0.820. The Morgan fingerprint density at radius 1 is 1.00 bits per heavy atom. The highest BCUT2D eigenvalue weighted by atomic mass is 16.3. The van der Waals surface area contributed by atoms with E-state index in [-0.39, 0.29) is 11.5 Å². The SMILES string of the molecule is Cc1cc(C)cc(C(O)C23CC4CC(CC(C)(C4)C2)C3)c1. The van der Waals surface area contributed by atoms with Crippen LogP contribution in [0.5, 0.6) is 0 Å². The van der Waals surface area contributed by atoms with E-state index in [1.807, 2.05) is 0 Å². The number of aliphatic hydroxyl groups is 1. The maximum Gasteiger partial charge on any atom is 0.0846 e. The minimum absolute atomic E-state index is 0.166. The van der Waals surface area contributed by atoms with Gasteiger partial charge in [-0.05, 0) is 75.2 Å². The second kappa shape index (κ2) is 4.35. The molecule has 21 heavy (non-hydrogen) atoms. The minimum atomic E-state index is -0.263. The van der Waals surface area contributed by atoms with E-state index in [2.05, 4.69) is 39.0 Å². The lowest BCUT2D eigenvalue weighted by molar-refractivity contribution is -0.155. The Bertz CT molecular complexity index is 539. The van der Waals surface area contributed by atoms with Crippen molar-refractivity contribution in [3.8, 4) is 0 Å². The summed E-state index contributed by atoms with van der Waals surface area (Å²) in [5.41, 5.74) is 4.39. The van der Waals surface area contributed by atoms with Crippen LogP contribution in [-0.4, -0.2) is 5.11 Å². The average Bonchev–Trinajstić information content (AvgIpc) is 2.33. The predicted octanol–water partition coefficient (Wildman–Crippen LogP) is 4.94. The predicted molar refractivity (Wildman–Crippen MR) is 86.1 cm³/mol. The first kappa shape index (κ1) is 13.8. The fraction of sp³-hybridized carbons (Fsp3) is 0.700. The van der Waals surface area contributed by atoms with Crippen LogP contribution < -0.4 is 0 Å². The van der Waals surface area contributed by atoms with Gasteiger partial charge in [0.2, 0.25) is 0 Å². The van der Waals surface area contributed by atoms with Crippen molar-refractivity contribution in [1.29, 1.82) is 0 Å². The molecule has 4 fully saturated rings. The number of rotatable bonds is 2. The quantitative estimate of drug-likeness (QED) is 0.815. The summed E-state index contributed by atoms with van der Waals surface area (Å²) >= 11 is 0. The van der Waals surface area contributed by atoms with Gasteiger partial charge in [-0.1, -0.05) is 36.2 Å². The largest absolute Gasteiger partial charge is 0.388 e. The standard InChI is InChI=1S/C20H28O/c1-13-4-14(2)6-17(5-13)18(21)20-10-15-7-16(11-20)9-19(3,8-15)12-20/h4-6,15-16,18,21H,7-12H2,1-3H3. The molecule has 4 saturated carbocycles. The topological polar surface area (TPSA) is 20.2 Å². The van der Waals surface area contributed by atoms with Gasteiger partial charge in [0, 0.05) is 5.41 Å². The molecule has 4 aliphatic rings. The molecule has 5 rings (SSSR count). The van der Waals surface area contributed by atoms with Gasteiger partial charge in [0.1, 0.15) is 0 Å². The fourth-order valence-corrected chi connectivity index (χ4v) is 6.64. The summed E-state index contributed by atoms with van der Waals surface area (Å²) in [7, 11) is 0. The van der Waals surface area contributed by atoms with Gasteiger partial charge in [-0.25, -0.2) is 0 Å². The van der Waals surface area contributed by atoms with Crippen LogP contribution in [0.3, 0.4) is 0 Å². The molecule has 1 N–H and O–H groups in total. The Labute approximate surface area is 128 Å². The van der Waals surface area contributed by atoms with Crippen LogP contribution in [0.4, 0.5) is 0 Å². The third-order valence-electron chi connectivity index (χ3n) is 6.54. The van der Waals surface area contributed by atoms with Crippen molar-refractivity contribution in [3.63, 3.8) is 0 Å². The highest BCUT2D eigenvalue weighted by Gasteiger charge is 2.58. The summed E-state index contributed by atoms with van der Waals surface area (Å²) in [5, 5.41) is 11.2. The molecule has 3 unspecified atom stereocenters. The molecule has 1 heteroatoms. The number of hydrogen-bond donors (Lipinski definition) is 1. The highest BCUT2D eigenvalue weighted by Crippen LogP contribution is 2.68. The first-order valence-electron chi connectivity index (χ1n) is 8.64. The van der Waals surface area contributed by atoms with Gasteiger partial charge >= 0.3 is 0 Å². The third-order valence-corrected chi connectivity index (χ3v) is 6.54. The molecule has 0 heterocycles. The minimum Gasteiger partial charge on any atom is -0.388 e. The van der Waals surface area contributed by atoms with Crippen LogP contribution in [0, 0.1) is 36.5 Å². The van der Waals surface area contributed by atoms with Gasteiger partial charge in [-0.3, -0.25) is 0 Å². The maximum atomic E-state index is 11.2. The molecule has 3 atom stereocenters. The van der Waals surface area contributed by atoms with E-state index in [9.17, 15) is 5.11 Å². The molecule has 4 bridgehead atoms. The summed E-state index contributed by atoms with van der Waals surface area (Å²) in [6.45, 7) is 6.77. The number of aryl methyl sites for hydroxylation is 2. The lowest BCUT2D eigenvalue weighted by Crippen LogP contribution is -2.53. The third kappa shape index (κ3) is 2.16. The molecular formula is C20H28O. The summed E-state index contributed by atoms with van der Waals surface area (Å²) in [5.74, 6) is 1.74. The van der Waals surface area contributed by atoms with E-state index in [1.165, 1.54) is 49.7 Å². The van der Waals surface area contributed by atoms with E-state index in [0.717, 1.165) is 17.4 Å². The number of aliphatic hydroxyl groups excluding tert-OH is 1. The van der Waals surface area contributed by atoms with Crippen molar-refractivity contribution in [2.75, 3.05) is 0 Å². The first-order valence-corrected chi connectivity index (χ1v) is 8.64. The van der Waals surface area contributed by atoms with E-state index in [1.54, 1.807) is 0 Å². The van der Waals surface area contributed by atoms with Gasteiger partial charge < -0.3 is 5.11 Å². The molecule has 0 aromatic heterocycles. The van der Waals surface area contributed by atoms with Gasteiger partial charge in [0.25, 0.3) is 0 Å². The molecule has 0 amide bonds. The van der Waals surface area contributed by atoms with Crippen molar-refractivity contribution in [1.82, 2.24) is 0 Å². The number of benzene rings is 1. The molecule has 0 saturated heterocycles. The zero-order valence-electron chi connectivity index (χ0n) is 13.7. The van der Waals surface area contributed by atoms with Crippen LogP contribution in [0.2, 0.25) is 0 Å². The molecule has 4 aliphatic carbocycles. The molecule has 0 spiro atoms. The van der Waals surface area contributed by atoms with Crippen LogP contribution in [0.15, 0.2) is 18.2 Å². The van der Waals surface area contributed by atoms with Crippen molar-refractivity contribution in [2.24, 2.45) is 22.7 Å². The van der Waals surface area contributed by atoms with E-state index < -0.39 is 0 Å². The summed E-state index contributed by atoms with van der Waals surface area (Å²) < 4.78 is 0. The average molecular weight is 284 g/mol. The smallest absolute Gasteiger partial charge is 0.0846 e. The zero-order valence-corrected chi connectivity index (χ0v) is 13.7. The van der Waals surface area contributed by atoms with Crippen LogP contribution >= 0.6 is 0 Å². The van der Waals surface area contributed by atoms with Crippen molar-refractivity contribution >= 4 is 0 Å². The van der Waals surface area contributed by atoms with Crippen molar-refractivity contribution in [3.05, 3.63) is 34.9 Å². The monoisotopic (exact) mass is 284 g/mol. The van der Waals surface area contributed by atoms with Crippen molar-refractivity contribution < 1.29 is 5.11 Å². The van der Waals surface area contributed by atoms with Gasteiger partial charge in [0.05, 0.1) is 6.10 Å². The summed E-state index contributed by atoms with van der Waals surface area (Å²) in [4.78, 5) is 0. The number of hydrogen-bond acceptors (Lipinski definition) is 1. The highest BCUT2D eigenvalue weighted by molar-refractivity contribution is 5.31. The van der Waals surface area contributed by atoms with Gasteiger partial charge in [0.15, 0.2) is 0 Å². The molecule has 1 aromatic carbocycles. The molecule has 0 aliphatic heterocycles. The zero-order chi connectivity index (χ0) is 14.8. The Morgan fingerprint density at radius 3 is 2.10 bits per heavy atom. The Morgan fingerprint density at radius 2 is 1.57 bits per heavy atom. The normalized spacial score (nSPS) is 42.3. The van der Waals surface area contributed by atoms with E-state index in [4.69, 9.17) is 0 Å². The molecule has 1 aromatic rings. The van der Waals surface area contributed by atoms with Crippen LogP contribution in [-0.2, 0) is 0 Å². The van der Waals surface area contributed by atoms with Crippen molar-refractivity contribution in [2.45, 2.75) is 65.4 Å². The van der Waals surface area contributed by atoms with E-state index >= 15 is 0 Å². The summed E-state index contributed by atoms with van der Waals surface area (Å²) in [6, 6.07) is 6.62. The second-order valence-electron chi connectivity index (χ2n) is 8.96. The molecular weight excluding hydrogens is 256 g/mol. The lowest BCUT2D eigenvalue weighted by atomic mass is 9.43. The molecule has 1 nitrogen and oxygen atoms in total. The molecule has 114 valence electrons. The van der Waals surface area contributed by atoms with Gasteiger partial charge in [-0.15, -0.1) is 0 Å². The Balaban J connectivity index is 1.71. The second-order valence-corrected chi connectivity index (χ2v) is 8.96. The maximum absolute atomic E-state index is 11.2. The van der Waals surface area contributed by atoms with Crippen LogP contribution in [0.1, 0.15) is 68.2 Å². The Kier molecular flexibility index (Phi) is 2.86. The molecule has 0 radical (unpaired) electrons. The van der Waals surface area contributed by atoms with Gasteiger partial charge in [-0.2, -0.15) is 0 Å². The van der Waals surface area contributed by atoms with Crippen LogP contribution in [0.25, 0.3) is 0 Å². The first-order chi connectivity index (χ1) is 9.87. The van der Waals surface area contributed by atoms with E-state index in [0.29, 0.717) is 5.41 Å². The fourth-order valence-electron chi connectivity index (χ4n) is 6.64. The summed E-state index contributed by atoms with van der Waals surface area (Å²) in [6.07, 6.45) is 7.73. The lowest BCUT2D eigenvalue weighted by Gasteiger charge is -2.62.